The normalized spacial score (nSPS) is 11.7. The lowest BCUT2D eigenvalue weighted by Gasteiger charge is -2.14. The van der Waals surface area contributed by atoms with Gasteiger partial charge in [-0.2, -0.15) is 0 Å². The summed E-state index contributed by atoms with van der Waals surface area (Å²) in [6.07, 6.45) is -1.13. The Labute approximate surface area is 142 Å². The number of carbonyl (C=O) groups excluding carboxylic acids is 2. The molecule has 2 aromatic carbocycles. The highest BCUT2D eigenvalue weighted by Gasteiger charge is 2.21. The van der Waals surface area contributed by atoms with Crippen LogP contribution in [0.4, 0.5) is 10.1 Å². The lowest BCUT2D eigenvalue weighted by molar-refractivity contribution is -0.123. The minimum Gasteiger partial charge on any atom is -0.449 e. The molecule has 1 atom stereocenters. The Balaban J connectivity index is 2.03. The van der Waals surface area contributed by atoms with Gasteiger partial charge in [-0.25, -0.2) is 9.18 Å². The number of amides is 1. The molecule has 0 aromatic heterocycles. The molecule has 0 spiro atoms. The molecular weight excluding hydrogens is 344 g/mol. The van der Waals surface area contributed by atoms with Crippen LogP contribution >= 0.6 is 23.2 Å². The number of carbonyl (C=O) groups is 2. The number of esters is 1. The highest BCUT2D eigenvalue weighted by molar-refractivity contribution is 6.36. The quantitative estimate of drug-likeness (QED) is 0.831. The van der Waals surface area contributed by atoms with Crippen LogP contribution in [0.1, 0.15) is 17.3 Å². The van der Waals surface area contributed by atoms with Crippen molar-refractivity contribution in [3.05, 3.63) is 63.9 Å². The lowest BCUT2D eigenvalue weighted by Crippen LogP contribution is -2.30. The van der Waals surface area contributed by atoms with Crippen molar-refractivity contribution in [2.45, 2.75) is 13.0 Å². The molecule has 0 fully saturated rings. The molecule has 4 nitrogen and oxygen atoms in total. The molecule has 0 aliphatic heterocycles. The molecule has 0 saturated carbocycles. The fraction of sp³-hybridized carbons (Fsp3) is 0.125. The average molecular weight is 356 g/mol. The van der Waals surface area contributed by atoms with Gasteiger partial charge in [0.05, 0.1) is 16.3 Å². The van der Waals surface area contributed by atoms with E-state index in [9.17, 15) is 14.0 Å². The first-order valence-electron chi connectivity index (χ1n) is 6.60. The first kappa shape index (κ1) is 17.2. The van der Waals surface area contributed by atoms with Crippen LogP contribution in [0.25, 0.3) is 0 Å². The zero-order valence-electron chi connectivity index (χ0n) is 12.0. The SMILES string of the molecule is C[C@@H](OC(=O)c1ccccc1F)C(=O)Nc1ccc(Cl)cc1Cl. The first-order valence-corrected chi connectivity index (χ1v) is 7.35. The molecule has 2 rings (SSSR count). The van der Waals surface area contributed by atoms with E-state index in [1.54, 1.807) is 6.07 Å². The molecule has 23 heavy (non-hydrogen) atoms. The summed E-state index contributed by atoms with van der Waals surface area (Å²) in [4.78, 5) is 23.9. The zero-order chi connectivity index (χ0) is 17.0. The third kappa shape index (κ3) is 4.43. The van der Waals surface area contributed by atoms with Crippen LogP contribution in [0.3, 0.4) is 0 Å². The monoisotopic (exact) mass is 355 g/mol. The van der Waals surface area contributed by atoms with Crippen LogP contribution in [0, 0.1) is 5.82 Å². The average Bonchev–Trinajstić information content (AvgIpc) is 2.50. The highest BCUT2D eigenvalue weighted by atomic mass is 35.5. The van der Waals surface area contributed by atoms with E-state index in [1.807, 2.05) is 0 Å². The molecule has 120 valence electrons. The van der Waals surface area contributed by atoms with Gasteiger partial charge < -0.3 is 10.1 Å². The predicted molar refractivity (Wildman–Crippen MR) is 86.4 cm³/mol. The topological polar surface area (TPSA) is 55.4 Å². The van der Waals surface area contributed by atoms with Gasteiger partial charge in [0.2, 0.25) is 0 Å². The maximum absolute atomic E-state index is 13.5. The highest BCUT2D eigenvalue weighted by Crippen LogP contribution is 2.25. The molecule has 0 bridgehead atoms. The molecule has 0 heterocycles. The van der Waals surface area contributed by atoms with E-state index in [-0.39, 0.29) is 10.6 Å². The van der Waals surface area contributed by atoms with Gasteiger partial charge in [0.25, 0.3) is 5.91 Å². The number of nitrogens with one attached hydrogen (secondary N) is 1. The van der Waals surface area contributed by atoms with Crippen LogP contribution in [0.15, 0.2) is 42.5 Å². The van der Waals surface area contributed by atoms with Gasteiger partial charge in [0, 0.05) is 5.02 Å². The van der Waals surface area contributed by atoms with E-state index in [0.29, 0.717) is 10.7 Å². The molecule has 0 unspecified atom stereocenters. The van der Waals surface area contributed by atoms with Gasteiger partial charge in [-0.05, 0) is 37.3 Å². The second kappa shape index (κ2) is 7.44. The molecule has 1 amide bonds. The summed E-state index contributed by atoms with van der Waals surface area (Å²) in [5.74, 6) is -2.24. The zero-order valence-corrected chi connectivity index (χ0v) is 13.5. The Kier molecular flexibility index (Phi) is 5.58. The van der Waals surface area contributed by atoms with Crippen molar-refractivity contribution in [2.24, 2.45) is 0 Å². The minimum atomic E-state index is -1.13. The maximum atomic E-state index is 13.5. The summed E-state index contributed by atoms with van der Waals surface area (Å²) in [6.45, 7) is 1.37. The number of halogens is 3. The van der Waals surface area contributed by atoms with E-state index in [4.69, 9.17) is 27.9 Å². The van der Waals surface area contributed by atoms with E-state index >= 15 is 0 Å². The van der Waals surface area contributed by atoms with Gasteiger partial charge in [-0.15, -0.1) is 0 Å². The number of hydrogen-bond donors (Lipinski definition) is 1. The van der Waals surface area contributed by atoms with E-state index in [1.165, 1.54) is 37.3 Å². The summed E-state index contributed by atoms with van der Waals surface area (Å²) in [5.41, 5.74) is 0.0894. The summed E-state index contributed by atoms with van der Waals surface area (Å²) in [5, 5.41) is 3.18. The van der Waals surface area contributed by atoms with Gasteiger partial charge in [-0.1, -0.05) is 35.3 Å². The van der Waals surface area contributed by atoms with Crippen molar-refractivity contribution in [1.82, 2.24) is 0 Å². The second-order valence-corrected chi connectivity index (χ2v) is 5.48. The maximum Gasteiger partial charge on any atom is 0.341 e. The van der Waals surface area contributed by atoms with Crippen LogP contribution in [0.2, 0.25) is 10.0 Å². The molecule has 0 saturated heterocycles. The first-order chi connectivity index (χ1) is 10.9. The van der Waals surface area contributed by atoms with Gasteiger partial charge in [0.1, 0.15) is 5.82 Å². The third-order valence-corrected chi connectivity index (χ3v) is 3.48. The summed E-state index contributed by atoms with van der Waals surface area (Å²) >= 11 is 11.7. The van der Waals surface area contributed by atoms with Crippen LogP contribution in [-0.4, -0.2) is 18.0 Å². The molecule has 0 aliphatic carbocycles. The van der Waals surface area contributed by atoms with Crippen molar-refractivity contribution < 1.29 is 18.7 Å². The Bertz CT molecular complexity index is 752. The predicted octanol–water partition coefficient (Wildman–Crippen LogP) is 4.32. The van der Waals surface area contributed by atoms with E-state index in [2.05, 4.69) is 5.32 Å². The van der Waals surface area contributed by atoms with Crippen molar-refractivity contribution in [3.8, 4) is 0 Å². The largest absolute Gasteiger partial charge is 0.449 e. The van der Waals surface area contributed by atoms with E-state index in [0.717, 1.165) is 6.07 Å². The van der Waals surface area contributed by atoms with Crippen molar-refractivity contribution in [1.29, 1.82) is 0 Å². The van der Waals surface area contributed by atoms with E-state index < -0.39 is 23.8 Å². The summed E-state index contributed by atoms with van der Waals surface area (Å²) in [7, 11) is 0. The van der Waals surface area contributed by atoms with Gasteiger partial charge in [-0.3, -0.25) is 4.79 Å². The minimum absolute atomic E-state index is 0.239. The van der Waals surface area contributed by atoms with Crippen molar-refractivity contribution in [3.63, 3.8) is 0 Å². The van der Waals surface area contributed by atoms with Crippen LogP contribution in [-0.2, 0) is 9.53 Å². The third-order valence-electron chi connectivity index (χ3n) is 2.94. The number of rotatable bonds is 4. The molecule has 0 radical (unpaired) electrons. The van der Waals surface area contributed by atoms with Gasteiger partial charge in [0.15, 0.2) is 6.10 Å². The van der Waals surface area contributed by atoms with Crippen molar-refractivity contribution >= 4 is 40.8 Å². The Morgan fingerprint density at radius 1 is 1.17 bits per heavy atom. The summed E-state index contributed by atoms with van der Waals surface area (Å²) < 4.78 is 18.5. The Morgan fingerprint density at radius 2 is 1.87 bits per heavy atom. The standard InChI is InChI=1S/C16H12Cl2FNO3/c1-9(23-16(22)11-4-2-3-5-13(11)19)15(21)20-14-7-6-10(17)8-12(14)18/h2-9H,1H3,(H,20,21)/t9-/m1/s1. The Hall–Kier alpha value is -2.11. The number of ether oxygens (including phenoxy) is 1. The fourth-order valence-electron chi connectivity index (χ4n) is 1.73. The van der Waals surface area contributed by atoms with Crippen molar-refractivity contribution in [2.75, 3.05) is 5.32 Å². The van der Waals surface area contributed by atoms with Gasteiger partial charge >= 0.3 is 5.97 Å². The smallest absolute Gasteiger partial charge is 0.341 e. The van der Waals surface area contributed by atoms with Crippen LogP contribution < -0.4 is 5.32 Å². The second-order valence-electron chi connectivity index (χ2n) is 4.64. The number of benzene rings is 2. The molecule has 1 N–H and O–H groups in total. The fourth-order valence-corrected chi connectivity index (χ4v) is 2.19. The molecular formula is C16H12Cl2FNO3. The molecule has 7 heteroatoms. The number of hydrogen-bond acceptors (Lipinski definition) is 3. The summed E-state index contributed by atoms with van der Waals surface area (Å²) in [6, 6.07) is 9.90. The van der Waals surface area contributed by atoms with Crippen LogP contribution in [0.5, 0.6) is 0 Å². The molecule has 2 aromatic rings. The Morgan fingerprint density at radius 3 is 2.52 bits per heavy atom. The molecule has 0 aliphatic rings. The number of anilines is 1. The lowest BCUT2D eigenvalue weighted by atomic mass is 10.2.